The average molecular weight is 433 g/mol. The van der Waals surface area contributed by atoms with Gasteiger partial charge in [0.2, 0.25) is 5.91 Å². The minimum atomic E-state index is -0.281. The minimum Gasteiger partial charge on any atom is -0.496 e. The molecule has 0 aromatic heterocycles. The van der Waals surface area contributed by atoms with Gasteiger partial charge in [0.15, 0.2) is 0 Å². The lowest BCUT2D eigenvalue weighted by atomic mass is 9.81. The second kappa shape index (κ2) is 9.80. The molecular weight excluding hydrogens is 403 g/mol. The Morgan fingerprint density at radius 2 is 1.87 bits per heavy atom. The van der Waals surface area contributed by atoms with E-state index in [1.807, 2.05) is 24.1 Å². The Morgan fingerprint density at radius 3 is 2.53 bits per heavy atom. The van der Waals surface area contributed by atoms with Gasteiger partial charge >= 0.3 is 0 Å². The molecule has 2 aromatic carbocycles. The lowest BCUT2D eigenvalue weighted by molar-refractivity contribution is -0.133. The maximum Gasteiger partial charge on any atom is 0.227 e. The van der Waals surface area contributed by atoms with Crippen LogP contribution in [0.4, 0.5) is 4.39 Å². The van der Waals surface area contributed by atoms with Crippen molar-refractivity contribution < 1.29 is 13.9 Å². The summed E-state index contributed by atoms with van der Waals surface area (Å²) in [5.41, 5.74) is 3.25. The van der Waals surface area contributed by atoms with Crippen LogP contribution in [0.5, 0.6) is 5.75 Å². The van der Waals surface area contributed by atoms with Gasteiger partial charge in [-0.05, 0) is 73.7 Å². The summed E-state index contributed by atoms with van der Waals surface area (Å²) in [4.78, 5) is 17.7. The molecule has 30 heavy (non-hydrogen) atoms. The van der Waals surface area contributed by atoms with Crippen molar-refractivity contribution in [3.05, 3.63) is 65.0 Å². The summed E-state index contributed by atoms with van der Waals surface area (Å²) in [5, 5.41) is 0. The highest BCUT2D eigenvalue weighted by Gasteiger charge is 2.39. The van der Waals surface area contributed by atoms with E-state index in [-0.39, 0.29) is 36.6 Å². The van der Waals surface area contributed by atoms with Crippen LogP contribution in [0.3, 0.4) is 0 Å². The Balaban J connectivity index is 0.00000256. The van der Waals surface area contributed by atoms with Crippen LogP contribution in [-0.4, -0.2) is 49.0 Å². The highest BCUT2D eigenvalue weighted by atomic mass is 35.5. The van der Waals surface area contributed by atoms with Gasteiger partial charge in [0.1, 0.15) is 11.6 Å². The number of carbonyl (C=O) groups excluding carboxylic acids is 1. The molecular formula is C24H30ClFN2O2. The molecule has 2 atom stereocenters. The maximum absolute atomic E-state index is 13.2. The molecule has 0 saturated carbocycles. The van der Waals surface area contributed by atoms with E-state index in [9.17, 15) is 9.18 Å². The molecule has 162 valence electrons. The second-order valence-corrected chi connectivity index (χ2v) is 8.13. The Hall–Kier alpha value is -2.11. The van der Waals surface area contributed by atoms with Crippen molar-refractivity contribution in [1.29, 1.82) is 0 Å². The molecule has 0 spiro atoms. The third-order valence-corrected chi connectivity index (χ3v) is 6.45. The standard InChI is InChI=1S/C24H29FN2O2.ClH/c1-26(23(28)16-17-8-10-18(25)11-9-17)24-20-6-5-7-22(29-2)19(20)12-13-21(24)27-14-3-4-15-27;/h5-11,21,24H,3-4,12-16H2,1-2H3;1H/t21-,24-;/m0./s1. The highest BCUT2D eigenvalue weighted by Crippen LogP contribution is 2.41. The first-order chi connectivity index (χ1) is 14.1. The quantitative estimate of drug-likeness (QED) is 0.701. The Morgan fingerprint density at radius 1 is 1.17 bits per heavy atom. The number of amides is 1. The summed E-state index contributed by atoms with van der Waals surface area (Å²) in [6, 6.07) is 12.7. The predicted octanol–water partition coefficient (Wildman–Crippen LogP) is 4.41. The van der Waals surface area contributed by atoms with Gasteiger partial charge < -0.3 is 9.64 Å². The van der Waals surface area contributed by atoms with Crippen molar-refractivity contribution in [2.24, 2.45) is 0 Å². The zero-order valence-electron chi connectivity index (χ0n) is 17.6. The number of benzene rings is 2. The minimum absolute atomic E-state index is 0. The molecule has 6 heteroatoms. The molecule has 1 aliphatic carbocycles. The summed E-state index contributed by atoms with van der Waals surface area (Å²) in [7, 11) is 3.62. The highest BCUT2D eigenvalue weighted by molar-refractivity contribution is 5.85. The number of ether oxygens (including phenoxy) is 1. The Labute approximate surface area is 184 Å². The summed E-state index contributed by atoms with van der Waals surface area (Å²) in [5.74, 6) is 0.685. The fraction of sp³-hybridized carbons (Fsp3) is 0.458. The maximum atomic E-state index is 13.2. The molecule has 1 heterocycles. The van der Waals surface area contributed by atoms with E-state index in [0.29, 0.717) is 6.04 Å². The third kappa shape index (κ3) is 4.47. The number of hydrogen-bond acceptors (Lipinski definition) is 3. The van der Waals surface area contributed by atoms with Crippen molar-refractivity contribution in [1.82, 2.24) is 9.80 Å². The molecule has 4 nitrogen and oxygen atoms in total. The summed E-state index contributed by atoms with van der Waals surface area (Å²) < 4.78 is 18.8. The van der Waals surface area contributed by atoms with Crippen LogP contribution in [-0.2, 0) is 17.6 Å². The number of likely N-dealkylation sites (tertiary alicyclic amines) is 1. The van der Waals surface area contributed by atoms with E-state index in [4.69, 9.17) is 4.74 Å². The SMILES string of the molecule is COc1cccc2c1CC[C@H](N1CCCC1)[C@H]2N(C)C(=O)Cc1ccc(F)cc1.Cl. The topological polar surface area (TPSA) is 32.8 Å². The fourth-order valence-electron chi connectivity index (χ4n) is 4.95. The van der Waals surface area contributed by atoms with Crippen molar-refractivity contribution in [3.8, 4) is 5.75 Å². The van der Waals surface area contributed by atoms with Gasteiger partial charge in [-0.3, -0.25) is 9.69 Å². The normalized spacial score (nSPS) is 20.9. The first-order valence-electron chi connectivity index (χ1n) is 10.5. The van der Waals surface area contributed by atoms with Crippen LogP contribution in [0, 0.1) is 5.82 Å². The Bertz CT molecular complexity index is 868. The first kappa shape index (κ1) is 22.6. The number of rotatable bonds is 5. The fourth-order valence-corrected chi connectivity index (χ4v) is 4.95. The van der Waals surface area contributed by atoms with Crippen LogP contribution >= 0.6 is 12.4 Å². The average Bonchev–Trinajstić information content (AvgIpc) is 3.28. The number of likely N-dealkylation sites (N-methyl/N-ethyl adjacent to an activating group) is 1. The van der Waals surface area contributed by atoms with E-state index < -0.39 is 0 Å². The second-order valence-electron chi connectivity index (χ2n) is 8.13. The van der Waals surface area contributed by atoms with Gasteiger partial charge in [-0.1, -0.05) is 24.3 Å². The van der Waals surface area contributed by atoms with E-state index in [0.717, 1.165) is 37.2 Å². The molecule has 1 fully saturated rings. The van der Waals surface area contributed by atoms with Crippen LogP contribution in [0.1, 0.15) is 42.0 Å². The molecule has 1 saturated heterocycles. The smallest absolute Gasteiger partial charge is 0.227 e. The first-order valence-corrected chi connectivity index (χ1v) is 10.5. The third-order valence-electron chi connectivity index (χ3n) is 6.45. The van der Waals surface area contributed by atoms with Crippen molar-refractivity contribution in [3.63, 3.8) is 0 Å². The molecule has 0 unspecified atom stereocenters. The Kier molecular flexibility index (Phi) is 7.37. The zero-order valence-corrected chi connectivity index (χ0v) is 18.5. The van der Waals surface area contributed by atoms with E-state index in [1.165, 1.54) is 36.1 Å². The molecule has 2 aliphatic rings. The van der Waals surface area contributed by atoms with E-state index >= 15 is 0 Å². The largest absolute Gasteiger partial charge is 0.496 e. The van der Waals surface area contributed by atoms with E-state index in [2.05, 4.69) is 11.0 Å². The summed E-state index contributed by atoms with van der Waals surface area (Å²) in [6.45, 7) is 2.20. The molecule has 0 N–H and O–H groups in total. The summed E-state index contributed by atoms with van der Waals surface area (Å²) >= 11 is 0. The number of carbonyl (C=O) groups is 1. The van der Waals surface area contributed by atoms with Crippen molar-refractivity contribution >= 4 is 18.3 Å². The van der Waals surface area contributed by atoms with Crippen LogP contribution < -0.4 is 4.74 Å². The number of methoxy groups -OCH3 is 1. The van der Waals surface area contributed by atoms with Gasteiger partial charge in [0.25, 0.3) is 0 Å². The van der Waals surface area contributed by atoms with Gasteiger partial charge in [-0.2, -0.15) is 0 Å². The van der Waals surface area contributed by atoms with Crippen LogP contribution in [0.25, 0.3) is 0 Å². The number of nitrogens with zero attached hydrogens (tertiary/aromatic N) is 2. The van der Waals surface area contributed by atoms with Gasteiger partial charge in [0, 0.05) is 13.1 Å². The number of hydrogen-bond donors (Lipinski definition) is 0. The molecule has 4 rings (SSSR count). The molecule has 1 amide bonds. The lowest BCUT2D eigenvalue weighted by Crippen LogP contribution is -2.48. The number of fused-ring (bicyclic) bond motifs is 1. The molecule has 0 bridgehead atoms. The predicted molar refractivity (Wildman–Crippen MR) is 119 cm³/mol. The number of halogens is 2. The van der Waals surface area contributed by atoms with Gasteiger partial charge in [0.05, 0.1) is 19.6 Å². The zero-order chi connectivity index (χ0) is 20.4. The van der Waals surface area contributed by atoms with Gasteiger partial charge in [-0.15, -0.1) is 12.4 Å². The van der Waals surface area contributed by atoms with Gasteiger partial charge in [-0.25, -0.2) is 4.39 Å². The molecule has 0 radical (unpaired) electrons. The van der Waals surface area contributed by atoms with Crippen molar-refractivity contribution in [2.45, 2.75) is 44.2 Å². The monoisotopic (exact) mass is 432 g/mol. The molecule has 2 aromatic rings. The van der Waals surface area contributed by atoms with E-state index in [1.54, 1.807) is 19.2 Å². The lowest BCUT2D eigenvalue weighted by Gasteiger charge is -2.44. The summed E-state index contributed by atoms with van der Waals surface area (Å²) in [6.07, 6.45) is 4.71. The van der Waals surface area contributed by atoms with Crippen LogP contribution in [0.15, 0.2) is 42.5 Å². The molecule has 1 aliphatic heterocycles. The van der Waals surface area contributed by atoms with Crippen molar-refractivity contribution in [2.75, 3.05) is 27.2 Å². The van der Waals surface area contributed by atoms with Crippen LogP contribution in [0.2, 0.25) is 0 Å².